The molecule has 1 amide bonds. The van der Waals surface area contributed by atoms with Gasteiger partial charge in [-0.25, -0.2) is 0 Å². The Morgan fingerprint density at radius 1 is 1.39 bits per heavy atom. The van der Waals surface area contributed by atoms with Crippen LogP contribution in [0.3, 0.4) is 0 Å². The molecule has 1 heterocycles. The van der Waals surface area contributed by atoms with Crippen molar-refractivity contribution in [2.75, 3.05) is 11.9 Å². The lowest BCUT2D eigenvalue weighted by Gasteiger charge is -2.09. The zero-order valence-corrected chi connectivity index (χ0v) is 13.8. The molecular weight excluding hydrogens is 308 g/mol. The lowest BCUT2D eigenvalue weighted by Crippen LogP contribution is -2.20. The van der Waals surface area contributed by atoms with E-state index in [1.807, 2.05) is 31.2 Å². The van der Waals surface area contributed by atoms with Crippen LogP contribution in [0.4, 0.5) is 5.00 Å². The number of carbonyl (C=O) groups excluding carboxylic acids is 1. The zero-order valence-electron chi connectivity index (χ0n) is 13.0. The first kappa shape index (κ1) is 15.6. The van der Waals surface area contributed by atoms with Gasteiger partial charge >= 0.3 is 0 Å². The van der Waals surface area contributed by atoms with E-state index >= 15 is 0 Å². The summed E-state index contributed by atoms with van der Waals surface area (Å²) >= 11 is 1.53. The molecule has 1 aliphatic carbocycles. The van der Waals surface area contributed by atoms with Gasteiger partial charge in [-0.15, -0.1) is 11.3 Å². The Morgan fingerprint density at radius 3 is 3.00 bits per heavy atom. The zero-order chi connectivity index (χ0) is 16.2. The van der Waals surface area contributed by atoms with Gasteiger partial charge < -0.3 is 10.1 Å². The number of ether oxygens (including phenoxy) is 1. The van der Waals surface area contributed by atoms with Crippen molar-refractivity contribution >= 4 is 22.2 Å². The third-order valence-corrected chi connectivity index (χ3v) is 5.10. The summed E-state index contributed by atoms with van der Waals surface area (Å²) in [4.78, 5) is 13.4. The monoisotopic (exact) mass is 326 g/mol. The van der Waals surface area contributed by atoms with E-state index in [0.717, 1.165) is 36.8 Å². The molecule has 0 saturated carbocycles. The van der Waals surface area contributed by atoms with Crippen molar-refractivity contribution in [1.82, 2.24) is 0 Å². The molecule has 1 N–H and O–H groups in total. The standard InChI is InChI=1S/C18H18N2O2S/c1-12-5-4-6-13(9-12)22-11-17(21)20-18-15(10-19)14-7-2-3-8-16(14)23-18/h4-6,9H,2-3,7-8,11H2,1H3,(H,20,21). The van der Waals surface area contributed by atoms with Gasteiger partial charge in [-0.05, 0) is 55.9 Å². The van der Waals surface area contributed by atoms with Crippen LogP contribution in [0.1, 0.15) is 34.4 Å². The highest BCUT2D eigenvalue weighted by Crippen LogP contribution is 2.37. The Morgan fingerprint density at radius 2 is 2.22 bits per heavy atom. The number of anilines is 1. The molecule has 0 unspecified atom stereocenters. The SMILES string of the molecule is Cc1cccc(OCC(=O)Nc2sc3c(c2C#N)CCCC3)c1. The smallest absolute Gasteiger partial charge is 0.262 e. The summed E-state index contributed by atoms with van der Waals surface area (Å²) in [7, 11) is 0. The summed E-state index contributed by atoms with van der Waals surface area (Å²) in [6.07, 6.45) is 4.21. The van der Waals surface area contributed by atoms with Crippen LogP contribution in [0.15, 0.2) is 24.3 Å². The van der Waals surface area contributed by atoms with Crippen molar-refractivity contribution in [3.8, 4) is 11.8 Å². The van der Waals surface area contributed by atoms with E-state index in [0.29, 0.717) is 16.3 Å². The number of nitrogens with zero attached hydrogens (tertiary/aromatic N) is 1. The number of hydrogen-bond acceptors (Lipinski definition) is 4. The predicted molar refractivity (Wildman–Crippen MR) is 91.0 cm³/mol. The minimum atomic E-state index is -0.235. The Hall–Kier alpha value is -2.32. The fourth-order valence-corrected chi connectivity index (χ4v) is 4.04. The first-order valence-corrected chi connectivity index (χ1v) is 8.53. The van der Waals surface area contributed by atoms with Crippen LogP contribution in [0.5, 0.6) is 5.75 Å². The first-order valence-electron chi connectivity index (χ1n) is 7.71. The van der Waals surface area contributed by atoms with Gasteiger partial charge in [0.05, 0.1) is 5.56 Å². The minimum Gasteiger partial charge on any atom is -0.484 e. The highest BCUT2D eigenvalue weighted by molar-refractivity contribution is 7.16. The maximum atomic E-state index is 12.1. The topological polar surface area (TPSA) is 62.1 Å². The first-order chi connectivity index (χ1) is 11.2. The van der Waals surface area contributed by atoms with Crippen LogP contribution >= 0.6 is 11.3 Å². The summed E-state index contributed by atoms with van der Waals surface area (Å²) in [6, 6.07) is 9.82. The van der Waals surface area contributed by atoms with E-state index in [-0.39, 0.29) is 12.5 Å². The number of benzene rings is 1. The van der Waals surface area contributed by atoms with E-state index in [1.165, 1.54) is 16.2 Å². The van der Waals surface area contributed by atoms with Crippen LogP contribution in [0.2, 0.25) is 0 Å². The average molecular weight is 326 g/mol. The fraction of sp³-hybridized carbons (Fsp3) is 0.333. The number of nitriles is 1. The molecule has 23 heavy (non-hydrogen) atoms. The van der Waals surface area contributed by atoms with Crippen LogP contribution in [0, 0.1) is 18.3 Å². The molecule has 5 heteroatoms. The number of carbonyl (C=O) groups is 1. The summed E-state index contributed by atoms with van der Waals surface area (Å²) < 4.78 is 5.51. The molecule has 0 radical (unpaired) electrons. The Labute approximate surface area is 139 Å². The van der Waals surface area contributed by atoms with Crippen molar-refractivity contribution < 1.29 is 9.53 Å². The lowest BCUT2D eigenvalue weighted by molar-refractivity contribution is -0.118. The third-order valence-electron chi connectivity index (χ3n) is 3.90. The average Bonchev–Trinajstić information content (AvgIpc) is 2.90. The van der Waals surface area contributed by atoms with Crippen molar-refractivity contribution in [3.63, 3.8) is 0 Å². The lowest BCUT2D eigenvalue weighted by atomic mass is 9.96. The molecule has 1 aliphatic rings. The Kier molecular flexibility index (Phi) is 4.63. The molecular formula is C18H18N2O2S. The van der Waals surface area contributed by atoms with Crippen LogP contribution in [0.25, 0.3) is 0 Å². The van der Waals surface area contributed by atoms with E-state index in [9.17, 15) is 10.1 Å². The Balaban J connectivity index is 1.66. The second-order valence-corrected chi connectivity index (χ2v) is 6.79. The molecule has 1 aromatic heterocycles. The minimum absolute atomic E-state index is 0.0586. The molecule has 1 aromatic carbocycles. The summed E-state index contributed by atoms with van der Waals surface area (Å²) in [5.41, 5.74) is 2.84. The number of thiophene rings is 1. The summed E-state index contributed by atoms with van der Waals surface area (Å²) in [5.74, 6) is 0.438. The molecule has 4 nitrogen and oxygen atoms in total. The van der Waals surface area contributed by atoms with Crippen LogP contribution in [-0.2, 0) is 17.6 Å². The highest BCUT2D eigenvalue weighted by Gasteiger charge is 2.21. The van der Waals surface area contributed by atoms with Gasteiger partial charge in [-0.3, -0.25) is 4.79 Å². The van der Waals surface area contributed by atoms with Crippen molar-refractivity contribution in [1.29, 1.82) is 5.26 Å². The summed E-state index contributed by atoms with van der Waals surface area (Å²) in [6.45, 7) is 1.92. The van der Waals surface area contributed by atoms with Gasteiger partial charge in [0.25, 0.3) is 5.91 Å². The molecule has 118 valence electrons. The molecule has 0 atom stereocenters. The number of hydrogen-bond donors (Lipinski definition) is 1. The number of fused-ring (bicyclic) bond motifs is 1. The van der Waals surface area contributed by atoms with E-state index < -0.39 is 0 Å². The quantitative estimate of drug-likeness (QED) is 0.929. The molecule has 0 fully saturated rings. The van der Waals surface area contributed by atoms with Gasteiger partial charge in [-0.1, -0.05) is 12.1 Å². The molecule has 0 bridgehead atoms. The number of aryl methyl sites for hydroxylation is 2. The van der Waals surface area contributed by atoms with Gasteiger partial charge in [0.2, 0.25) is 0 Å². The van der Waals surface area contributed by atoms with Crippen molar-refractivity contribution in [2.45, 2.75) is 32.6 Å². The second kappa shape index (κ2) is 6.84. The highest BCUT2D eigenvalue weighted by atomic mass is 32.1. The van der Waals surface area contributed by atoms with Crippen molar-refractivity contribution in [2.24, 2.45) is 0 Å². The Bertz CT molecular complexity index is 774. The van der Waals surface area contributed by atoms with E-state index in [1.54, 1.807) is 0 Å². The van der Waals surface area contributed by atoms with Gasteiger partial charge in [0.1, 0.15) is 16.8 Å². The number of rotatable bonds is 4. The predicted octanol–water partition coefficient (Wildman–Crippen LogP) is 3.82. The summed E-state index contributed by atoms with van der Waals surface area (Å²) in [5, 5.41) is 12.9. The maximum Gasteiger partial charge on any atom is 0.262 e. The number of amides is 1. The van der Waals surface area contributed by atoms with Gasteiger partial charge in [0.15, 0.2) is 6.61 Å². The molecule has 0 saturated heterocycles. The fourth-order valence-electron chi connectivity index (χ4n) is 2.79. The normalized spacial score (nSPS) is 13.0. The third kappa shape index (κ3) is 3.54. The van der Waals surface area contributed by atoms with E-state index in [4.69, 9.17) is 4.74 Å². The van der Waals surface area contributed by atoms with Crippen LogP contribution in [-0.4, -0.2) is 12.5 Å². The van der Waals surface area contributed by atoms with Gasteiger partial charge in [0, 0.05) is 4.88 Å². The van der Waals surface area contributed by atoms with Gasteiger partial charge in [-0.2, -0.15) is 5.26 Å². The number of nitrogens with one attached hydrogen (secondary N) is 1. The largest absolute Gasteiger partial charge is 0.484 e. The second-order valence-electron chi connectivity index (χ2n) is 5.68. The molecule has 0 spiro atoms. The van der Waals surface area contributed by atoms with Crippen molar-refractivity contribution in [3.05, 3.63) is 45.8 Å². The molecule has 0 aliphatic heterocycles. The van der Waals surface area contributed by atoms with Crippen LogP contribution < -0.4 is 10.1 Å². The van der Waals surface area contributed by atoms with E-state index in [2.05, 4.69) is 11.4 Å². The maximum absolute atomic E-state index is 12.1. The molecule has 3 rings (SSSR count). The molecule has 2 aromatic rings.